The zero-order chi connectivity index (χ0) is 23.3. The van der Waals surface area contributed by atoms with Gasteiger partial charge in [-0.2, -0.15) is 0 Å². The highest BCUT2D eigenvalue weighted by Crippen LogP contribution is 2.62. The normalized spacial score (nSPS) is 35.1. The van der Waals surface area contributed by atoms with Gasteiger partial charge in [-0.25, -0.2) is 0 Å². The van der Waals surface area contributed by atoms with Gasteiger partial charge in [0, 0.05) is 16.7 Å². The summed E-state index contributed by atoms with van der Waals surface area (Å²) in [5.41, 5.74) is 4.10. The zero-order valence-electron chi connectivity index (χ0n) is 20.0. The maximum atomic E-state index is 12.8. The van der Waals surface area contributed by atoms with Crippen molar-refractivity contribution in [2.24, 2.45) is 22.7 Å². The van der Waals surface area contributed by atoms with Crippen LogP contribution in [-0.2, 0) is 19.1 Å². The van der Waals surface area contributed by atoms with E-state index < -0.39 is 5.41 Å². The van der Waals surface area contributed by atoms with Gasteiger partial charge >= 0.3 is 5.97 Å². The third-order valence-electron chi connectivity index (χ3n) is 9.07. The molecule has 4 heteroatoms. The Bertz CT molecular complexity index is 977. The molecule has 0 aromatic rings. The van der Waals surface area contributed by atoms with Crippen LogP contribution in [0.3, 0.4) is 0 Å². The summed E-state index contributed by atoms with van der Waals surface area (Å²) >= 11 is 0. The SMILES string of the molecule is C=C1CC[C@@H]2[C@](C)(CCC[C@]2(C)C(=O)OC)[C@H]1CCC1=CCC2=C(C1)C(=O)C(C)=CC2=O. The molecular weight excluding hydrogens is 400 g/mol. The van der Waals surface area contributed by atoms with E-state index in [-0.39, 0.29) is 23.0 Å². The first-order chi connectivity index (χ1) is 15.1. The first-order valence-corrected chi connectivity index (χ1v) is 12.0. The molecule has 172 valence electrons. The molecule has 0 spiro atoms. The molecule has 4 rings (SSSR count). The van der Waals surface area contributed by atoms with Crippen molar-refractivity contribution in [1.82, 2.24) is 0 Å². The number of fused-ring (bicyclic) bond motifs is 1. The minimum atomic E-state index is -0.427. The summed E-state index contributed by atoms with van der Waals surface area (Å²) in [5.74, 6) is 0.602. The van der Waals surface area contributed by atoms with E-state index in [0.29, 0.717) is 41.4 Å². The first kappa shape index (κ1) is 22.9. The largest absolute Gasteiger partial charge is 0.469 e. The summed E-state index contributed by atoms with van der Waals surface area (Å²) in [6.07, 6.45) is 11.7. The predicted octanol–water partition coefficient (Wildman–Crippen LogP) is 5.83. The lowest BCUT2D eigenvalue weighted by atomic mass is 9.46. The number of rotatable bonds is 4. The molecule has 0 aromatic carbocycles. The van der Waals surface area contributed by atoms with Crippen molar-refractivity contribution in [3.05, 3.63) is 46.6 Å². The number of hydrogen-bond donors (Lipinski definition) is 0. The molecule has 0 saturated heterocycles. The topological polar surface area (TPSA) is 60.4 Å². The highest BCUT2D eigenvalue weighted by molar-refractivity contribution is 6.22. The Hall–Kier alpha value is -2.23. The first-order valence-electron chi connectivity index (χ1n) is 12.0. The van der Waals surface area contributed by atoms with Crippen LogP contribution in [0.25, 0.3) is 0 Å². The van der Waals surface area contributed by atoms with Gasteiger partial charge in [-0.15, -0.1) is 0 Å². The Morgan fingerprint density at radius 1 is 1.22 bits per heavy atom. The number of Topliss-reactive ketones (excluding diaryl/α,β-unsaturated/α-hetero) is 1. The van der Waals surface area contributed by atoms with E-state index in [0.717, 1.165) is 44.9 Å². The highest BCUT2D eigenvalue weighted by atomic mass is 16.5. The minimum absolute atomic E-state index is 0.00675. The summed E-state index contributed by atoms with van der Waals surface area (Å²) in [7, 11) is 1.51. The Balaban J connectivity index is 1.51. The second-order valence-electron chi connectivity index (χ2n) is 10.8. The smallest absolute Gasteiger partial charge is 0.311 e. The van der Waals surface area contributed by atoms with Gasteiger partial charge in [-0.3, -0.25) is 14.4 Å². The van der Waals surface area contributed by atoms with E-state index >= 15 is 0 Å². The molecule has 4 nitrogen and oxygen atoms in total. The molecule has 0 unspecified atom stereocenters. The molecule has 0 aromatic heterocycles. The maximum Gasteiger partial charge on any atom is 0.311 e. The van der Waals surface area contributed by atoms with Crippen molar-refractivity contribution in [3.8, 4) is 0 Å². The number of hydrogen-bond acceptors (Lipinski definition) is 4. The van der Waals surface area contributed by atoms with Gasteiger partial charge in [0.25, 0.3) is 0 Å². The fourth-order valence-electron chi connectivity index (χ4n) is 7.31. The molecular formula is C28H36O4. The van der Waals surface area contributed by atoms with Crippen LogP contribution in [0.4, 0.5) is 0 Å². The summed E-state index contributed by atoms with van der Waals surface area (Å²) in [6, 6.07) is 0. The second-order valence-corrected chi connectivity index (χ2v) is 10.8. The lowest BCUT2D eigenvalue weighted by Gasteiger charge is -2.57. The van der Waals surface area contributed by atoms with Gasteiger partial charge in [0.1, 0.15) is 0 Å². The monoisotopic (exact) mass is 436 g/mol. The van der Waals surface area contributed by atoms with Gasteiger partial charge in [-0.1, -0.05) is 37.1 Å². The molecule has 0 radical (unpaired) electrons. The average molecular weight is 437 g/mol. The standard InChI is InChI=1S/C28H36O4/c1-17-7-12-24-27(3,13-6-14-28(24,4)26(31)32-5)22(17)11-9-19-8-10-20-21(16-19)25(30)18(2)15-23(20)29/h8,15,22,24H,1,6-7,9-14,16H2,2-5H3/t22-,24+,27+,28-/m0/s1. The number of ether oxygens (including phenoxy) is 1. The molecule has 2 fully saturated rings. The molecule has 0 aliphatic heterocycles. The van der Waals surface area contributed by atoms with E-state index in [1.807, 2.05) is 0 Å². The summed E-state index contributed by atoms with van der Waals surface area (Å²) in [6.45, 7) is 10.7. The number of ketones is 2. The number of esters is 1. The van der Waals surface area contributed by atoms with Crippen molar-refractivity contribution >= 4 is 17.5 Å². The molecule has 4 aliphatic carbocycles. The minimum Gasteiger partial charge on any atom is -0.469 e. The van der Waals surface area contributed by atoms with E-state index in [4.69, 9.17) is 4.74 Å². The quantitative estimate of drug-likeness (QED) is 0.316. The molecule has 0 amide bonds. The number of carbonyl (C=O) groups is 3. The van der Waals surface area contributed by atoms with Crippen LogP contribution in [0.5, 0.6) is 0 Å². The van der Waals surface area contributed by atoms with Crippen LogP contribution >= 0.6 is 0 Å². The lowest BCUT2D eigenvalue weighted by molar-refractivity contribution is -0.168. The summed E-state index contributed by atoms with van der Waals surface area (Å²) in [4.78, 5) is 37.7. The van der Waals surface area contributed by atoms with Gasteiger partial charge in [0.2, 0.25) is 0 Å². The van der Waals surface area contributed by atoms with Crippen LogP contribution in [-0.4, -0.2) is 24.6 Å². The number of allylic oxidation sites excluding steroid dienone is 7. The average Bonchev–Trinajstić information content (AvgIpc) is 2.76. The number of carbonyl (C=O) groups excluding carboxylic acids is 3. The molecule has 0 bridgehead atoms. The predicted molar refractivity (Wildman–Crippen MR) is 125 cm³/mol. The summed E-state index contributed by atoms with van der Waals surface area (Å²) < 4.78 is 5.24. The van der Waals surface area contributed by atoms with Crippen molar-refractivity contribution in [3.63, 3.8) is 0 Å². The molecule has 2 saturated carbocycles. The molecule has 4 atom stereocenters. The highest BCUT2D eigenvalue weighted by Gasteiger charge is 2.57. The maximum absolute atomic E-state index is 12.8. The third-order valence-corrected chi connectivity index (χ3v) is 9.07. The fraction of sp³-hybridized carbons (Fsp3) is 0.607. The van der Waals surface area contributed by atoms with Gasteiger partial charge < -0.3 is 4.74 Å². The van der Waals surface area contributed by atoms with E-state index in [1.165, 1.54) is 24.3 Å². The van der Waals surface area contributed by atoms with E-state index in [2.05, 4.69) is 26.5 Å². The van der Waals surface area contributed by atoms with Crippen molar-refractivity contribution < 1.29 is 19.1 Å². The number of methoxy groups -OCH3 is 1. The van der Waals surface area contributed by atoms with Gasteiger partial charge in [0.05, 0.1) is 12.5 Å². The van der Waals surface area contributed by atoms with Crippen molar-refractivity contribution in [2.75, 3.05) is 7.11 Å². The van der Waals surface area contributed by atoms with Crippen molar-refractivity contribution in [2.45, 2.75) is 78.6 Å². The van der Waals surface area contributed by atoms with E-state index in [9.17, 15) is 14.4 Å². The Labute approximate surface area is 191 Å². The van der Waals surface area contributed by atoms with E-state index in [1.54, 1.807) is 6.92 Å². The van der Waals surface area contributed by atoms with Crippen LogP contribution in [0, 0.1) is 22.7 Å². The van der Waals surface area contributed by atoms with Gasteiger partial charge in [-0.05, 0) is 88.5 Å². The van der Waals surface area contributed by atoms with Crippen LogP contribution < -0.4 is 0 Å². The Kier molecular flexibility index (Phi) is 5.94. The Morgan fingerprint density at radius 3 is 2.69 bits per heavy atom. The molecule has 32 heavy (non-hydrogen) atoms. The molecule has 4 aliphatic rings. The van der Waals surface area contributed by atoms with Gasteiger partial charge in [0.15, 0.2) is 11.6 Å². The fourth-order valence-corrected chi connectivity index (χ4v) is 7.31. The van der Waals surface area contributed by atoms with Crippen LogP contribution in [0.1, 0.15) is 78.6 Å². The molecule has 0 N–H and O–H groups in total. The third kappa shape index (κ3) is 3.56. The summed E-state index contributed by atoms with van der Waals surface area (Å²) in [5, 5.41) is 0. The van der Waals surface area contributed by atoms with Crippen LogP contribution in [0.15, 0.2) is 46.6 Å². The van der Waals surface area contributed by atoms with Crippen LogP contribution in [0.2, 0.25) is 0 Å². The Morgan fingerprint density at radius 2 is 1.97 bits per heavy atom. The van der Waals surface area contributed by atoms with Crippen molar-refractivity contribution in [1.29, 1.82) is 0 Å². The lowest BCUT2D eigenvalue weighted by Crippen LogP contribution is -2.53. The second kappa shape index (κ2) is 8.28. The zero-order valence-corrected chi connectivity index (χ0v) is 20.0. The molecule has 0 heterocycles.